The molecule has 0 spiro atoms. The lowest BCUT2D eigenvalue weighted by Gasteiger charge is -2.06. The second-order valence-electron chi connectivity index (χ2n) is 5.65. The molecule has 3 heteroatoms. The van der Waals surface area contributed by atoms with Crippen LogP contribution in [0.4, 0.5) is 0 Å². The molecule has 0 bridgehead atoms. The first-order chi connectivity index (χ1) is 11.7. The number of nitrogens with one attached hydrogen (secondary N) is 1. The van der Waals surface area contributed by atoms with Gasteiger partial charge in [-0.3, -0.25) is 14.6 Å². The third-order valence-corrected chi connectivity index (χ3v) is 3.76. The van der Waals surface area contributed by atoms with Crippen molar-refractivity contribution in [2.24, 2.45) is 0 Å². The smallest absolute Gasteiger partial charge is 0.267 e. The highest BCUT2D eigenvalue weighted by molar-refractivity contribution is 5.27. The molecule has 0 fully saturated rings. The van der Waals surface area contributed by atoms with Crippen LogP contribution in [-0.2, 0) is 13.0 Å². The van der Waals surface area contributed by atoms with E-state index in [1.807, 2.05) is 67.1 Å². The summed E-state index contributed by atoms with van der Waals surface area (Å²) < 4.78 is 1.93. The van der Waals surface area contributed by atoms with Gasteiger partial charge in [-0.25, -0.2) is 0 Å². The zero-order chi connectivity index (χ0) is 17.4. The average molecular weight is 320 g/mol. The van der Waals surface area contributed by atoms with Crippen LogP contribution in [0.1, 0.15) is 29.3 Å². The highest BCUT2D eigenvalue weighted by Gasteiger charge is 2.11. The van der Waals surface area contributed by atoms with Gasteiger partial charge in [0.05, 0.1) is 6.54 Å². The lowest BCUT2D eigenvalue weighted by atomic mass is 10.1. The van der Waals surface area contributed by atoms with E-state index in [2.05, 4.69) is 23.8 Å². The Kier molecular flexibility index (Phi) is 6.38. The Hall–Kier alpha value is -2.81. The van der Waals surface area contributed by atoms with Crippen LogP contribution in [0, 0.1) is 6.92 Å². The van der Waals surface area contributed by atoms with Gasteiger partial charge in [0, 0.05) is 17.7 Å². The molecular weight excluding hydrogens is 296 g/mol. The van der Waals surface area contributed by atoms with Crippen molar-refractivity contribution in [3.8, 4) is 0 Å². The molecule has 0 atom stereocenters. The Labute approximate surface area is 143 Å². The van der Waals surface area contributed by atoms with Crippen LogP contribution in [-0.4, -0.2) is 9.78 Å². The van der Waals surface area contributed by atoms with Crippen LogP contribution < -0.4 is 5.56 Å². The first kappa shape index (κ1) is 17.5. The predicted octanol–water partition coefficient (Wildman–Crippen LogP) is 4.32. The van der Waals surface area contributed by atoms with Crippen molar-refractivity contribution in [1.29, 1.82) is 0 Å². The molecule has 3 rings (SSSR count). The van der Waals surface area contributed by atoms with Gasteiger partial charge in [-0.2, -0.15) is 0 Å². The minimum Gasteiger partial charge on any atom is -0.285 e. The Morgan fingerprint density at radius 1 is 1.00 bits per heavy atom. The van der Waals surface area contributed by atoms with Crippen molar-refractivity contribution in [1.82, 2.24) is 9.78 Å². The standard InChI is InChI=1S/C18H18N2O.C3H6/c1-14-17(12-15-8-4-2-5-9-15)18(21)19-20(14)13-16-10-6-3-7-11-16;1-3-2/h2-11H,12-13H2,1H3,(H,19,21);3H,1H2,2H3. The molecule has 24 heavy (non-hydrogen) atoms. The van der Waals surface area contributed by atoms with E-state index in [1.165, 1.54) is 5.56 Å². The third kappa shape index (κ3) is 4.59. The van der Waals surface area contributed by atoms with Gasteiger partial charge in [-0.15, -0.1) is 6.58 Å². The quantitative estimate of drug-likeness (QED) is 0.714. The average Bonchev–Trinajstić information content (AvgIpc) is 2.85. The molecule has 124 valence electrons. The monoisotopic (exact) mass is 320 g/mol. The number of allylic oxidation sites excluding steroid dienone is 1. The SMILES string of the molecule is C=CC.Cc1c(Cc2ccccc2)c(=O)[nH]n1Cc1ccccc1. The van der Waals surface area contributed by atoms with Gasteiger partial charge in [0.25, 0.3) is 5.56 Å². The van der Waals surface area contributed by atoms with Crippen molar-refractivity contribution in [2.75, 3.05) is 0 Å². The fourth-order valence-electron chi connectivity index (χ4n) is 2.53. The Morgan fingerprint density at radius 3 is 2.04 bits per heavy atom. The van der Waals surface area contributed by atoms with E-state index in [4.69, 9.17) is 0 Å². The molecule has 0 amide bonds. The first-order valence-electron chi connectivity index (χ1n) is 8.09. The summed E-state index contributed by atoms with van der Waals surface area (Å²) in [6.45, 7) is 7.94. The van der Waals surface area contributed by atoms with E-state index < -0.39 is 0 Å². The van der Waals surface area contributed by atoms with E-state index in [9.17, 15) is 4.79 Å². The summed E-state index contributed by atoms with van der Waals surface area (Å²) in [4.78, 5) is 12.2. The second kappa shape index (κ2) is 8.73. The van der Waals surface area contributed by atoms with Gasteiger partial charge in [0.1, 0.15) is 0 Å². The topological polar surface area (TPSA) is 37.8 Å². The number of nitrogens with zero attached hydrogens (tertiary/aromatic N) is 1. The zero-order valence-corrected chi connectivity index (χ0v) is 14.3. The number of aromatic nitrogens is 2. The summed E-state index contributed by atoms with van der Waals surface area (Å²) in [5.41, 5.74) is 4.19. The Morgan fingerprint density at radius 2 is 1.50 bits per heavy atom. The highest BCUT2D eigenvalue weighted by atomic mass is 16.1. The minimum atomic E-state index is 0.00674. The molecule has 3 aromatic rings. The van der Waals surface area contributed by atoms with Crippen molar-refractivity contribution in [2.45, 2.75) is 26.8 Å². The van der Waals surface area contributed by atoms with Gasteiger partial charge in [-0.05, 0) is 25.0 Å². The molecular formula is C21H24N2O. The van der Waals surface area contributed by atoms with Gasteiger partial charge in [-0.1, -0.05) is 66.7 Å². The molecule has 0 saturated heterocycles. The van der Waals surface area contributed by atoms with E-state index in [1.54, 1.807) is 6.08 Å². The molecule has 0 radical (unpaired) electrons. The molecule has 2 aromatic carbocycles. The van der Waals surface area contributed by atoms with E-state index in [0.717, 1.165) is 16.8 Å². The maximum atomic E-state index is 12.2. The van der Waals surface area contributed by atoms with Gasteiger partial charge < -0.3 is 0 Å². The maximum absolute atomic E-state index is 12.2. The lowest BCUT2D eigenvalue weighted by molar-refractivity contribution is 0.658. The Balaban J connectivity index is 0.000000647. The number of hydrogen-bond donors (Lipinski definition) is 1. The highest BCUT2D eigenvalue weighted by Crippen LogP contribution is 2.11. The largest absolute Gasteiger partial charge is 0.285 e. The summed E-state index contributed by atoms with van der Waals surface area (Å²) in [7, 11) is 0. The van der Waals surface area contributed by atoms with Gasteiger partial charge in [0.15, 0.2) is 0 Å². The number of H-pyrrole nitrogens is 1. The third-order valence-electron chi connectivity index (χ3n) is 3.76. The van der Waals surface area contributed by atoms with Crippen molar-refractivity contribution in [3.05, 3.63) is 106 Å². The molecule has 0 aliphatic heterocycles. The summed E-state index contributed by atoms with van der Waals surface area (Å²) in [5, 5.41) is 2.94. The number of benzene rings is 2. The van der Waals surface area contributed by atoms with E-state index in [-0.39, 0.29) is 5.56 Å². The molecule has 0 saturated carbocycles. The van der Waals surface area contributed by atoms with Gasteiger partial charge >= 0.3 is 0 Å². The zero-order valence-electron chi connectivity index (χ0n) is 14.3. The van der Waals surface area contributed by atoms with Crippen LogP contribution in [0.2, 0.25) is 0 Å². The summed E-state index contributed by atoms with van der Waals surface area (Å²) >= 11 is 0. The molecule has 0 aliphatic carbocycles. The molecule has 1 N–H and O–H groups in total. The molecule has 1 heterocycles. The van der Waals surface area contributed by atoms with Crippen LogP contribution in [0.5, 0.6) is 0 Å². The van der Waals surface area contributed by atoms with Crippen molar-refractivity contribution >= 4 is 0 Å². The number of rotatable bonds is 4. The van der Waals surface area contributed by atoms with Crippen LogP contribution in [0.3, 0.4) is 0 Å². The van der Waals surface area contributed by atoms with Crippen molar-refractivity contribution < 1.29 is 0 Å². The van der Waals surface area contributed by atoms with Gasteiger partial charge in [0.2, 0.25) is 0 Å². The summed E-state index contributed by atoms with van der Waals surface area (Å²) in [6.07, 6.45) is 2.42. The maximum Gasteiger partial charge on any atom is 0.267 e. The minimum absolute atomic E-state index is 0.00674. The van der Waals surface area contributed by atoms with Crippen molar-refractivity contribution in [3.63, 3.8) is 0 Å². The Bertz CT molecular complexity index is 814. The molecule has 3 nitrogen and oxygen atoms in total. The number of aromatic amines is 1. The van der Waals surface area contributed by atoms with E-state index >= 15 is 0 Å². The second-order valence-corrected chi connectivity index (χ2v) is 5.65. The fourth-order valence-corrected chi connectivity index (χ4v) is 2.53. The predicted molar refractivity (Wildman–Crippen MR) is 100 cm³/mol. The normalized spacial score (nSPS) is 9.92. The summed E-state index contributed by atoms with van der Waals surface area (Å²) in [6, 6.07) is 20.2. The summed E-state index contributed by atoms with van der Waals surface area (Å²) in [5.74, 6) is 0. The molecule has 1 aromatic heterocycles. The van der Waals surface area contributed by atoms with Crippen LogP contribution in [0.15, 0.2) is 78.1 Å². The molecule has 0 aliphatic rings. The van der Waals surface area contributed by atoms with Crippen LogP contribution >= 0.6 is 0 Å². The fraction of sp³-hybridized carbons (Fsp3) is 0.190. The van der Waals surface area contributed by atoms with E-state index in [0.29, 0.717) is 13.0 Å². The molecule has 0 unspecified atom stereocenters. The first-order valence-corrected chi connectivity index (χ1v) is 8.09. The van der Waals surface area contributed by atoms with Crippen LogP contribution in [0.25, 0.3) is 0 Å². The lowest BCUT2D eigenvalue weighted by Crippen LogP contribution is -2.09. The number of hydrogen-bond acceptors (Lipinski definition) is 1.